The lowest BCUT2D eigenvalue weighted by molar-refractivity contribution is -0.272. The molecule has 3 saturated heterocycles. The van der Waals surface area contributed by atoms with Gasteiger partial charge >= 0.3 is 11.9 Å². The summed E-state index contributed by atoms with van der Waals surface area (Å²) >= 11 is 0. The summed E-state index contributed by atoms with van der Waals surface area (Å²) in [5.74, 6) is -3.14. The molecule has 3 aliphatic heterocycles. The number of hydrogen-bond donors (Lipinski definition) is 3. The van der Waals surface area contributed by atoms with Crippen molar-refractivity contribution in [1.29, 1.82) is 0 Å². The lowest BCUT2D eigenvalue weighted by Gasteiger charge is -2.57. The Morgan fingerprint density at radius 1 is 1.31 bits per heavy atom. The molecule has 0 amide bonds. The number of esters is 2. The highest BCUT2D eigenvalue weighted by Crippen LogP contribution is 2.75. The van der Waals surface area contributed by atoms with Gasteiger partial charge < -0.3 is 34.3 Å². The molecule has 5 aliphatic rings. The zero-order chi connectivity index (χ0) is 21.3. The largest absolute Gasteiger partial charge is 0.459 e. The summed E-state index contributed by atoms with van der Waals surface area (Å²) in [6.07, 6.45) is -5.02. The molecule has 2 bridgehead atoms. The number of aliphatic hydroxyl groups is 3. The van der Waals surface area contributed by atoms with Crippen LogP contribution in [-0.4, -0.2) is 81.7 Å². The Labute approximate surface area is 167 Å². The van der Waals surface area contributed by atoms with E-state index in [1.54, 1.807) is 20.8 Å². The molecule has 3 N–H and O–H groups in total. The first-order chi connectivity index (χ1) is 13.4. The molecule has 11 atom stereocenters. The second kappa shape index (κ2) is 5.20. The fourth-order valence-corrected chi connectivity index (χ4v) is 6.66. The van der Waals surface area contributed by atoms with Gasteiger partial charge in [0, 0.05) is 19.4 Å². The Hall–Kier alpha value is -1.52. The fourth-order valence-electron chi connectivity index (χ4n) is 6.66. The van der Waals surface area contributed by atoms with Crippen molar-refractivity contribution in [3.05, 3.63) is 12.2 Å². The summed E-state index contributed by atoms with van der Waals surface area (Å²) < 4.78 is 22.1. The zero-order valence-corrected chi connectivity index (χ0v) is 16.7. The number of carbonyl (C=O) groups excluding carboxylic acids is 2. The van der Waals surface area contributed by atoms with E-state index in [0.29, 0.717) is 5.57 Å². The third-order valence-electron chi connectivity index (χ3n) is 8.45. The smallest absolute Gasteiger partial charge is 0.341 e. The van der Waals surface area contributed by atoms with Crippen molar-refractivity contribution in [1.82, 2.24) is 0 Å². The summed E-state index contributed by atoms with van der Waals surface area (Å²) in [7, 11) is 1.36. The lowest BCUT2D eigenvalue weighted by Crippen LogP contribution is -2.73. The van der Waals surface area contributed by atoms with E-state index in [4.69, 9.17) is 18.9 Å². The van der Waals surface area contributed by atoms with Crippen molar-refractivity contribution in [2.24, 2.45) is 17.3 Å². The van der Waals surface area contributed by atoms with E-state index in [0.717, 1.165) is 0 Å². The van der Waals surface area contributed by atoms with Crippen LogP contribution in [0.25, 0.3) is 0 Å². The lowest BCUT2D eigenvalue weighted by atomic mass is 9.50. The van der Waals surface area contributed by atoms with E-state index in [9.17, 15) is 24.9 Å². The van der Waals surface area contributed by atoms with E-state index in [1.165, 1.54) is 7.11 Å². The van der Waals surface area contributed by atoms with Gasteiger partial charge in [-0.1, -0.05) is 19.1 Å². The number of aliphatic hydroxyl groups excluding tert-OH is 1. The number of carbonyl (C=O) groups is 2. The second-order valence-corrected chi connectivity index (χ2v) is 9.46. The maximum absolute atomic E-state index is 12.8. The van der Waals surface area contributed by atoms with Gasteiger partial charge in [-0.05, 0) is 13.8 Å². The Morgan fingerprint density at radius 2 is 1.97 bits per heavy atom. The van der Waals surface area contributed by atoms with Gasteiger partial charge in [0.15, 0.2) is 11.2 Å². The van der Waals surface area contributed by atoms with Crippen LogP contribution in [0.3, 0.4) is 0 Å². The average Bonchev–Trinajstić information content (AvgIpc) is 3.30. The molecule has 29 heavy (non-hydrogen) atoms. The van der Waals surface area contributed by atoms with E-state index in [-0.39, 0.29) is 6.42 Å². The Balaban J connectivity index is 1.68. The zero-order valence-electron chi connectivity index (χ0n) is 16.7. The maximum Gasteiger partial charge on any atom is 0.341 e. The van der Waals surface area contributed by atoms with E-state index in [1.807, 2.05) is 0 Å². The van der Waals surface area contributed by atoms with Crippen LogP contribution >= 0.6 is 0 Å². The topological polar surface area (TPSA) is 135 Å². The highest BCUT2D eigenvalue weighted by molar-refractivity contribution is 5.85. The first kappa shape index (κ1) is 19.4. The van der Waals surface area contributed by atoms with Gasteiger partial charge in [0.1, 0.15) is 30.0 Å². The number of fused-ring (bicyclic) bond motifs is 8. The van der Waals surface area contributed by atoms with Crippen LogP contribution in [0.4, 0.5) is 0 Å². The molecule has 5 fully saturated rings. The van der Waals surface area contributed by atoms with Gasteiger partial charge in [0.2, 0.25) is 0 Å². The predicted octanol–water partition coefficient (Wildman–Crippen LogP) is -0.935. The van der Waals surface area contributed by atoms with Gasteiger partial charge in [0.25, 0.3) is 0 Å². The first-order valence-electron chi connectivity index (χ1n) is 9.82. The number of hydrogen-bond acceptors (Lipinski definition) is 9. The molecule has 0 aromatic rings. The van der Waals surface area contributed by atoms with Crippen LogP contribution in [0.2, 0.25) is 0 Å². The molecule has 160 valence electrons. The van der Waals surface area contributed by atoms with Crippen molar-refractivity contribution in [3.63, 3.8) is 0 Å². The minimum Gasteiger partial charge on any atom is -0.459 e. The van der Waals surface area contributed by atoms with Crippen molar-refractivity contribution < 1.29 is 43.9 Å². The van der Waals surface area contributed by atoms with Crippen LogP contribution in [0.5, 0.6) is 0 Å². The molecule has 2 aliphatic carbocycles. The quantitative estimate of drug-likeness (QED) is 0.306. The minimum atomic E-state index is -1.98. The van der Waals surface area contributed by atoms with Gasteiger partial charge in [0.05, 0.1) is 17.4 Å². The second-order valence-electron chi connectivity index (χ2n) is 9.46. The summed E-state index contributed by atoms with van der Waals surface area (Å²) in [6, 6.07) is 0. The minimum absolute atomic E-state index is 0.240. The Bertz CT molecular complexity index is 842. The van der Waals surface area contributed by atoms with Gasteiger partial charge in [-0.25, -0.2) is 4.79 Å². The Morgan fingerprint density at radius 3 is 2.55 bits per heavy atom. The molecule has 0 aromatic carbocycles. The number of epoxide rings is 1. The third-order valence-corrected chi connectivity index (χ3v) is 8.45. The molecular weight excluding hydrogens is 384 g/mol. The highest BCUT2D eigenvalue weighted by atomic mass is 16.7. The molecule has 1 spiro atoms. The van der Waals surface area contributed by atoms with Crippen LogP contribution in [-0.2, 0) is 28.5 Å². The number of methoxy groups -OCH3 is 1. The highest BCUT2D eigenvalue weighted by Gasteiger charge is 2.94. The fraction of sp³-hybridized carbons (Fsp3) is 0.800. The van der Waals surface area contributed by atoms with Crippen LogP contribution < -0.4 is 0 Å². The Kier molecular flexibility index (Phi) is 3.49. The maximum atomic E-state index is 12.8. The van der Waals surface area contributed by atoms with Gasteiger partial charge in [-0.2, -0.15) is 0 Å². The normalized spacial score (nSPS) is 57.9. The van der Waals surface area contributed by atoms with E-state index in [2.05, 4.69) is 6.58 Å². The molecule has 2 saturated carbocycles. The van der Waals surface area contributed by atoms with Gasteiger partial charge in [-0.3, -0.25) is 4.79 Å². The van der Waals surface area contributed by atoms with E-state index < -0.39 is 76.5 Å². The molecule has 9 heteroatoms. The van der Waals surface area contributed by atoms with Crippen molar-refractivity contribution in [3.8, 4) is 0 Å². The first-order valence-corrected chi connectivity index (χ1v) is 9.82. The van der Waals surface area contributed by atoms with Crippen molar-refractivity contribution >= 4 is 11.9 Å². The molecule has 3 heterocycles. The molecule has 11 unspecified atom stereocenters. The van der Waals surface area contributed by atoms with Crippen LogP contribution in [0.15, 0.2) is 12.2 Å². The SMILES string of the molecule is C=C(C)C1C2OC(=O)C1C1(O)C3OC3C3(CC(O)(C(C)OC)C(=O)O3)C1(C)C2O. The molecule has 0 aromatic heterocycles. The molecular formula is C20H26O9. The number of ether oxygens (including phenoxy) is 4. The van der Waals surface area contributed by atoms with Gasteiger partial charge in [-0.15, -0.1) is 0 Å². The summed E-state index contributed by atoms with van der Waals surface area (Å²) in [4.78, 5) is 25.5. The summed E-state index contributed by atoms with van der Waals surface area (Å²) in [5.41, 5.74) is -6.27. The monoisotopic (exact) mass is 410 g/mol. The van der Waals surface area contributed by atoms with E-state index >= 15 is 0 Å². The molecule has 9 nitrogen and oxygen atoms in total. The third kappa shape index (κ3) is 1.74. The van der Waals surface area contributed by atoms with Crippen molar-refractivity contribution in [2.75, 3.05) is 7.11 Å². The molecule has 5 rings (SSSR count). The summed E-state index contributed by atoms with van der Waals surface area (Å²) in [5, 5.41) is 34.5. The molecule has 0 radical (unpaired) electrons. The average molecular weight is 410 g/mol. The van der Waals surface area contributed by atoms with Crippen LogP contribution in [0.1, 0.15) is 27.2 Å². The van der Waals surface area contributed by atoms with Crippen molar-refractivity contribution in [2.45, 2.75) is 74.5 Å². The standard InChI is InChI=1S/C20H26O9/c1-7(2)9-10-15(22)27-11(9)12(21)17(4)19(13-14(28-13)20(10,17)25)6-18(24,8(3)26-5)16(23)29-19/h8-14,21,24-25H,1,6H2,2-5H3. The number of rotatable bonds is 3. The summed E-state index contributed by atoms with van der Waals surface area (Å²) in [6.45, 7) is 8.76. The van der Waals surface area contributed by atoms with Crippen LogP contribution in [0, 0.1) is 17.3 Å². The predicted molar refractivity (Wildman–Crippen MR) is 94.3 cm³/mol.